The summed E-state index contributed by atoms with van der Waals surface area (Å²) in [5.74, 6) is -0.637. The summed E-state index contributed by atoms with van der Waals surface area (Å²) < 4.78 is 4.39. The molecule has 0 spiro atoms. The van der Waals surface area contributed by atoms with Crippen molar-refractivity contribution in [3.8, 4) is 6.07 Å². The Hall–Kier alpha value is -1.70. The SMILES string of the molecule is CCCCN/C(N)=C(/C#N)C(=O)OC. The van der Waals surface area contributed by atoms with Crippen LogP contribution in [0.15, 0.2) is 11.4 Å². The molecule has 0 radical (unpaired) electrons. The minimum absolute atomic E-state index is 0.0767. The predicted molar refractivity (Wildman–Crippen MR) is 51.8 cm³/mol. The second-order valence-electron chi connectivity index (χ2n) is 2.67. The molecule has 0 saturated carbocycles. The fourth-order valence-corrected chi connectivity index (χ4v) is 0.806. The quantitative estimate of drug-likeness (QED) is 0.285. The van der Waals surface area contributed by atoms with Gasteiger partial charge in [-0.15, -0.1) is 0 Å². The molecule has 3 N–H and O–H groups in total. The highest BCUT2D eigenvalue weighted by Gasteiger charge is 2.12. The van der Waals surface area contributed by atoms with E-state index in [0.717, 1.165) is 12.8 Å². The van der Waals surface area contributed by atoms with Crippen molar-refractivity contribution in [3.63, 3.8) is 0 Å². The fourth-order valence-electron chi connectivity index (χ4n) is 0.806. The zero-order chi connectivity index (χ0) is 11.0. The van der Waals surface area contributed by atoms with E-state index in [0.29, 0.717) is 6.54 Å². The van der Waals surface area contributed by atoms with Crippen molar-refractivity contribution in [1.29, 1.82) is 5.26 Å². The topological polar surface area (TPSA) is 88.1 Å². The Kier molecular flexibility index (Phi) is 5.95. The van der Waals surface area contributed by atoms with Gasteiger partial charge in [0.15, 0.2) is 5.57 Å². The van der Waals surface area contributed by atoms with Crippen LogP contribution >= 0.6 is 0 Å². The van der Waals surface area contributed by atoms with E-state index in [-0.39, 0.29) is 11.4 Å². The van der Waals surface area contributed by atoms with E-state index >= 15 is 0 Å². The predicted octanol–water partition coefficient (Wildman–Crippen LogP) is 0.243. The molecule has 0 unspecified atom stereocenters. The summed E-state index contributed by atoms with van der Waals surface area (Å²) >= 11 is 0. The summed E-state index contributed by atoms with van der Waals surface area (Å²) in [6.45, 7) is 2.68. The lowest BCUT2D eigenvalue weighted by molar-refractivity contribution is -0.135. The number of nitrogens with two attached hydrogens (primary N) is 1. The first-order valence-corrected chi connectivity index (χ1v) is 4.39. The average Bonchev–Trinajstić information content (AvgIpc) is 2.19. The van der Waals surface area contributed by atoms with Gasteiger partial charge >= 0.3 is 5.97 Å². The fraction of sp³-hybridized carbons (Fsp3) is 0.556. The number of rotatable bonds is 5. The van der Waals surface area contributed by atoms with Crippen LogP contribution in [-0.2, 0) is 9.53 Å². The van der Waals surface area contributed by atoms with Crippen molar-refractivity contribution >= 4 is 5.97 Å². The summed E-state index contributed by atoms with van der Waals surface area (Å²) in [5, 5.41) is 11.4. The number of carbonyl (C=O) groups excluding carboxylic acids is 1. The molecular weight excluding hydrogens is 182 g/mol. The normalized spacial score (nSPS) is 11.2. The molecular formula is C9H15N3O2. The Bertz CT molecular complexity index is 266. The molecule has 0 aliphatic heterocycles. The maximum atomic E-state index is 11.0. The highest BCUT2D eigenvalue weighted by Crippen LogP contribution is 1.98. The van der Waals surface area contributed by atoms with Gasteiger partial charge in [-0.3, -0.25) is 0 Å². The van der Waals surface area contributed by atoms with Gasteiger partial charge in [0.1, 0.15) is 11.9 Å². The second-order valence-corrected chi connectivity index (χ2v) is 2.67. The Labute approximate surface area is 83.5 Å². The van der Waals surface area contributed by atoms with Crippen molar-refractivity contribution in [3.05, 3.63) is 11.4 Å². The van der Waals surface area contributed by atoms with Crippen LogP contribution in [0.25, 0.3) is 0 Å². The summed E-state index contributed by atoms with van der Waals surface area (Å²) in [7, 11) is 1.21. The molecule has 0 aliphatic carbocycles. The molecule has 0 amide bonds. The van der Waals surface area contributed by atoms with Crippen LogP contribution < -0.4 is 11.1 Å². The smallest absolute Gasteiger partial charge is 0.352 e. The van der Waals surface area contributed by atoms with Crippen molar-refractivity contribution < 1.29 is 9.53 Å². The first kappa shape index (κ1) is 12.3. The number of ether oxygens (including phenoxy) is 1. The maximum Gasteiger partial charge on any atom is 0.352 e. The molecule has 5 nitrogen and oxygen atoms in total. The third-order valence-corrected chi connectivity index (χ3v) is 1.62. The summed E-state index contributed by atoms with van der Waals surface area (Å²) in [6, 6.07) is 1.70. The number of nitrogens with one attached hydrogen (secondary N) is 1. The minimum Gasteiger partial charge on any atom is -0.465 e. The van der Waals surface area contributed by atoms with Gasteiger partial charge in [0.05, 0.1) is 7.11 Å². The number of nitriles is 1. The van der Waals surface area contributed by atoms with Gasteiger partial charge in [0, 0.05) is 6.54 Å². The second kappa shape index (κ2) is 6.78. The van der Waals surface area contributed by atoms with Crippen LogP contribution in [0.4, 0.5) is 0 Å². The van der Waals surface area contributed by atoms with E-state index in [2.05, 4.69) is 10.1 Å². The molecule has 0 aromatic heterocycles. The standard InChI is InChI=1S/C9H15N3O2/c1-3-4-5-12-8(11)7(6-10)9(13)14-2/h12H,3-5,11H2,1-2H3/b8-7-. The van der Waals surface area contributed by atoms with Crippen LogP contribution in [0.1, 0.15) is 19.8 Å². The average molecular weight is 197 g/mol. The summed E-state index contributed by atoms with van der Waals surface area (Å²) in [5.41, 5.74) is 5.31. The summed E-state index contributed by atoms with van der Waals surface area (Å²) in [6.07, 6.45) is 1.95. The zero-order valence-electron chi connectivity index (χ0n) is 8.46. The third-order valence-electron chi connectivity index (χ3n) is 1.62. The molecule has 0 aromatic carbocycles. The number of unbranched alkanes of at least 4 members (excludes halogenated alkanes) is 1. The molecule has 0 fully saturated rings. The molecule has 0 bridgehead atoms. The van der Waals surface area contributed by atoms with Crippen molar-refractivity contribution in [2.45, 2.75) is 19.8 Å². The molecule has 0 aliphatic rings. The Morgan fingerprint density at radius 1 is 1.64 bits per heavy atom. The highest BCUT2D eigenvalue weighted by molar-refractivity contribution is 5.93. The number of carbonyl (C=O) groups is 1. The largest absolute Gasteiger partial charge is 0.465 e. The number of hydrogen-bond donors (Lipinski definition) is 2. The monoisotopic (exact) mass is 197 g/mol. The molecule has 5 heteroatoms. The van der Waals surface area contributed by atoms with Gasteiger partial charge in [-0.25, -0.2) is 4.79 Å². The van der Waals surface area contributed by atoms with Gasteiger partial charge in [-0.2, -0.15) is 5.26 Å². The lowest BCUT2D eigenvalue weighted by Gasteiger charge is -2.06. The third kappa shape index (κ3) is 3.81. The van der Waals surface area contributed by atoms with E-state index < -0.39 is 5.97 Å². The Morgan fingerprint density at radius 2 is 2.29 bits per heavy atom. The maximum absolute atomic E-state index is 11.0. The number of esters is 1. The molecule has 0 rings (SSSR count). The molecule has 78 valence electrons. The number of nitrogens with zero attached hydrogens (tertiary/aromatic N) is 1. The minimum atomic E-state index is -0.714. The van der Waals surface area contributed by atoms with Gasteiger partial charge in [-0.1, -0.05) is 13.3 Å². The van der Waals surface area contributed by atoms with Crippen LogP contribution in [0.5, 0.6) is 0 Å². The van der Waals surface area contributed by atoms with E-state index in [1.807, 2.05) is 6.92 Å². The van der Waals surface area contributed by atoms with Gasteiger partial charge in [0.2, 0.25) is 0 Å². The number of hydrogen-bond acceptors (Lipinski definition) is 5. The van der Waals surface area contributed by atoms with Crippen molar-refractivity contribution in [2.75, 3.05) is 13.7 Å². The molecule has 0 heterocycles. The van der Waals surface area contributed by atoms with E-state index in [1.54, 1.807) is 6.07 Å². The highest BCUT2D eigenvalue weighted by atomic mass is 16.5. The van der Waals surface area contributed by atoms with Crippen LogP contribution in [-0.4, -0.2) is 19.6 Å². The first-order valence-electron chi connectivity index (χ1n) is 4.39. The zero-order valence-corrected chi connectivity index (χ0v) is 8.46. The van der Waals surface area contributed by atoms with Gasteiger partial charge in [0.25, 0.3) is 0 Å². The van der Waals surface area contributed by atoms with Crippen LogP contribution in [0, 0.1) is 11.3 Å². The Morgan fingerprint density at radius 3 is 2.71 bits per heavy atom. The van der Waals surface area contributed by atoms with Crippen molar-refractivity contribution in [2.24, 2.45) is 5.73 Å². The van der Waals surface area contributed by atoms with Crippen molar-refractivity contribution in [1.82, 2.24) is 5.32 Å². The number of methoxy groups -OCH3 is 1. The molecule has 0 aromatic rings. The van der Waals surface area contributed by atoms with Gasteiger partial charge in [-0.05, 0) is 6.42 Å². The lowest BCUT2D eigenvalue weighted by Crippen LogP contribution is -2.25. The molecule has 0 saturated heterocycles. The molecule has 14 heavy (non-hydrogen) atoms. The lowest BCUT2D eigenvalue weighted by atomic mass is 10.3. The summed E-state index contributed by atoms with van der Waals surface area (Å²) in [4.78, 5) is 11.0. The molecule has 0 atom stereocenters. The van der Waals surface area contributed by atoms with Gasteiger partial charge < -0.3 is 15.8 Å². The first-order chi connectivity index (χ1) is 6.67. The van der Waals surface area contributed by atoms with Crippen LogP contribution in [0.3, 0.4) is 0 Å². The van der Waals surface area contributed by atoms with E-state index in [9.17, 15) is 4.79 Å². The van der Waals surface area contributed by atoms with Crippen LogP contribution in [0.2, 0.25) is 0 Å². The van der Waals surface area contributed by atoms with E-state index in [1.165, 1.54) is 7.11 Å². The Balaban J connectivity index is 4.37. The van der Waals surface area contributed by atoms with E-state index in [4.69, 9.17) is 11.0 Å².